The van der Waals surface area contributed by atoms with Crippen LogP contribution in [-0.4, -0.2) is 41.0 Å². The van der Waals surface area contributed by atoms with Crippen molar-refractivity contribution in [1.82, 2.24) is 15.5 Å². The molecule has 3 N–H and O–H groups in total. The molecule has 0 saturated heterocycles. The van der Waals surface area contributed by atoms with Crippen LogP contribution in [0.5, 0.6) is 0 Å². The number of carbonyl (C=O) groups is 3. The van der Waals surface area contributed by atoms with Crippen molar-refractivity contribution in [2.24, 2.45) is 0 Å². The summed E-state index contributed by atoms with van der Waals surface area (Å²) in [4.78, 5) is 36.3. The predicted molar refractivity (Wildman–Crippen MR) is 119 cm³/mol. The molecule has 33 heavy (non-hydrogen) atoms. The number of allylic oxidation sites excluding steroid dienone is 1. The number of anilines is 2. The van der Waals surface area contributed by atoms with Crippen LogP contribution in [-0.2, 0) is 14.3 Å². The lowest BCUT2D eigenvalue weighted by molar-refractivity contribution is -0.116. The second-order valence-corrected chi connectivity index (χ2v) is 8.32. The van der Waals surface area contributed by atoms with E-state index in [4.69, 9.17) is 9.15 Å². The number of ether oxygens (including phenoxy) is 2. The third-order valence-electron chi connectivity index (χ3n) is 4.46. The topological polar surface area (TPSA) is 145 Å². The first-order chi connectivity index (χ1) is 15.6. The van der Waals surface area contributed by atoms with Crippen LogP contribution in [0.15, 0.2) is 34.8 Å². The van der Waals surface area contributed by atoms with Gasteiger partial charge >= 0.3 is 12.2 Å². The first-order valence-electron chi connectivity index (χ1n) is 10.4. The van der Waals surface area contributed by atoms with Crippen molar-refractivity contribution in [3.63, 3.8) is 0 Å². The molecule has 0 aliphatic carbocycles. The van der Waals surface area contributed by atoms with Crippen LogP contribution >= 0.6 is 0 Å². The number of hydrogen-bond acceptors (Lipinski definition) is 8. The molecule has 0 radical (unpaired) electrons. The summed E-state index contributed by atoms with van der Waals surface area (Å²) >= 11 is 0. The Kier molecular flexibility index (Phi) is 7.31. The average Bonchev–Trinajstić information content (AvgIpc) is 3.21. The number of carbonyl (C=O) groups excluding carboxylic acids is 3. The molecule has 2 bridgehead atoms. The van der Waals surface area contributed by atoms with Crippen molar-refractivity contribution < 1.29 is 28.3 Å². The van der Waals surface area contributed by atoms with Gasteiger partial charge in [-0.25, -0.2) is 9.59 Å². The van der Waals surface area contributed by atoms with Crippen molar-refractivity contribution in [2.75, 3.05) is 17.7 Å². The van der Waals surface area contributed by atoms with Crippen molar-refractivity contribution >= 4 is 29.5 Å². The van der Waals surface area contributed by atoms with Crippen LogP contribution in [0.25, 0.3) is 11.5 Å². The number of hydrogen-bond donors (Lipinski definition) is 3. The Morgan fingerprint density at radius 2 is 1.97 bits per heavy atom. The third-order valence-corrected chi connectivity index (χ3v) is 4.46. The molecule has 1 aliphatic rings. The molecule has 1 aromatic carbocycles. The van der Waals surface area contributed by atoms with Crippen LogP contribution in [0, 0.1) is 0 Å². The average molecular weight is 457 g/mol. The maximum Gasteiger partial charge on any atom is 0.411 e. The summed E-state index contributed by atoms with van der Waals surface area (Å²) in [6.07, 6.45) is 3.53. The monoisotopic (exact) mass is 457 g/mol. The maximum absolute atomic E-state index is 12.4. The number of rotatable bonds is 2. The van der Waals surface area contributed by atoms with Crippen LogP contribution < -0.4 is 16.0 Å². The first-order valence-corrected chi connectivity index (χ1v) is 10.4. The summed E-state index contributed by atoms with van der Waals surface area (Å²) in [6.45, 7) is 5.31. The van der Waals surface area contributed by atoms with Gasteiger partial charge in [0.25, 0.3) is 0 Å². The predicted octanol–water partition coefficient (Wildman–Crippen LogP) is 4.16. The zero-order valence-corrected chi connectivity index (χ0v) is 18.9. The highest BCUT2D eigenvalue weighted by molar-refractivity contribution is 5.96. The summed E-state index contributed by atoms with van der Waals surface area (Å²) in [7, 11) is 1.25. The van der Waals surface area contributed by atoms with Gasteiger partial charge in [-0.1, -0.05) is 12.2 Å². The molecule has 2 aromatic rings. The largest absolute Gasteiger partial charge is 0.453 e. The van der Waals surface area contributed by atoms with Gasteiger partial charge in [-0.05, 0) is 51.8 Å². The lowest BCUT2D eigenvalue weighted by Gasteiger charge is -2.21. The van der Waals surface area contributed by atoms with Crippen molar-refractivity contribution in [2.45, 2.75) is 51.7 Å². The van der Waals surface area contributed by atoms with Gasteiger partial charge in [-0.3, -0.25) is 10.1 Å². The molecule has 2 heterocycles. The van der Waals surface area contributed by atoms with Gasteiger partial charge in [0.15, 0.2) is 0 Å². The van der Waals surface area contributed by atoms with E-state index in [9.17, 15) is 14.4 Å². The fourth-order valence-corrected chi connectivity index (χ4v) is 3.01. The lowest BCUT2D eigenvalue weighted by atomic mass is 10.1. The highest BCUT2D eigenvalue weighted by Crippen LogP contribution is 2.32. The van der Waals surface area contributed by atoms with Gasteiger partial charge in [-0.2, -0.15) is 0 Å². The van der Waals surface area contributed by atoms with Crippen LogP contribution in [0.1, 0.15) is 52.0 Å². The van der Waals surface area contributed by atoms with E-state index in [-0.39, 0.29) is 24.1 Å². The molecule has 0 fully saturated rings. The third kappa shape index (κ3) is 6.79. The number of fused-ring (bicyclic) bond motifs is 4. The number of nitrogens with zero attached hydrogens (tertiary/aromatic N) is 2. The molecule has 1 aliphatic heterocycles. The fraction of sp³-hybridized carbons (Fsp3) is 0.409. The fourth-order valence-electron chi connectivity index (χ4n) is 3.01. The summed E-state index contributed by atoms with van der Waals surface area (Å²) in [5.41, 5.74) is 0.587. The summed E-state index contributed by atoms with van der Waals surface area (Å²) < 4.78 is 15.8. The molecule has 11 heteroatoms. The molecule has 11 nitrogen and oxygen atoms in total. The summed E-state index contributed by atoms with van der Waals surface area (Å²) in [5.74, 6) is 0.108. The van der Waals surface area contributed by atoms with E-state index in [1.165, 1.54) is 7.11 Å². The van der Waals surface area contributed by atoms with E-state index in [0.717, 1.165) is 0 Å². The number of methoxy groups -OCH3 is 1. The van der Waals surface area contributed by atoms with Gasteiger partial charge in [0, 0.05) is 12.1 Å². The molecule has 1 atom stereocenters. The van der Waals surface area contributed by atoms with E-state index >= 15 is 0 Å². The van der Waals surface area contributed by atoms with E-state index in [1.807, 2.05) is 12.2 Å². The molecule has 176 valence electrons. The van der Waals surface area contributed by atoms with E-state index < -0.39 is 23.8 Å². The molecule has 3 rings (SSSR count). The Morgan fingerprint density at radius 1 is 1.18 bits per heavy atom. The van der Waals surface area contributed by atoms with Crippen molar-refractivity contribution in [3.8, 4) is 11.5 Å². The van der Waals surface area contributed by atoms with Crippen LogP contribution in [0.2, 0.25) is 0 Å². The number of benzene rings is 1. The molecule has 0 saturated carbocycles. The Morgan fingerprint density at radius 3 is 2.70 bits per heavy atom. The Hall–Kier alpha value is -3.89. The van der Waals surface area contributed by atoms with Crippen LogP contribution in [0.4, 0.5) is 21.0 Å². The van der Waals surface area contributed by atoms with Crippen LogP contribution in [0.3, 0.4) is 0 Å². The SMILES string of the molecule is COC(=O)Nc1ccc2c(c1)NC(=O)CC/C=C\C[C@H](NC(=O)OC(C)(C)C)c1nnc-2o1. The molecule has 0 unspecified atom stereocenters. The minimum atomic E-state index is -0.663. The number of aromatic nitrogens is 2. The van der Waals surface area contributed by atoms with Crippen molar-refractivity contribution in [1.29, 1.82) is 0 Å². The summed E-state index contributed by atoms with van der Waals surface area (Å²) in [5, 5.41) is 16.3. The maximum atomic E-state index is 12.4. The van der Waals surface area contributed by atoms with Gasteiger partial charge < -0.3 is 24.5 Å². The molecule has 1 aromatic heterocycles. The zero-order valence-electron chi connectivity index (χ0n) is 18.9. The second kappa shape index (κ2) is 10.2. The molecule has 0 spiro atoms. The number of nitrogens with one attached hydrogen (secondary N) is 3. The smallest absolute Gasteiger partial charge is 0.411 e. The van der Waals surface area contributed by atoms with E-state index in [0.29, 0.717) is 29.8 Å². The molecular weight excluding hydrogens is 430 g/mol. The minimum Gasteiger partial charge on any atom is -0.453 e. The number of amides is 3. The Labute approximate surface area is 190 Å². The second-order valence-electron chi connectivity index (χ2n) is 8.32. The zero-order chi connectivity index (χ0) is 24.0. The number of alkyl carbamates (subject to hydrolysis) is 1. The van der Waals surface area contributed by atoms with E-state index in [2.05, 4.69) is 30.9 Å². The molecular formula is C22H27N5O6. The van der Waals surface area contributed by atoms with Gasteiger partial charge in [0.05, 0.1) is 18.4 Å². The first kappa shape index (κ1) is 23.8. The molecule has 3 amide bonds. The standard InChI is InChI=1S/C22H27N5O6/c1-22(2,3)33-21(30)25-15-8-6-5-7-9-17(28)24-16-12-13(23-20(29)31-4)10-11-14(16)18-26-27-19(15)32-18/h5-6,10-12,15H,7-9H2,1-4H3,(H,23,29)(H,24,28)(H,25,30)/b6-5-/t15-/m0/s1. The normalized spacial score (nSPS) is 17.2. The Balaban J connectivity index is 1.95. The lowest BCUT2D eigenvalue weighted by Crippen LogP contribution is -2.35. The van der Waals surface area contributed by atoms with Crippen molar-refractivity contribution in [3.05, 3.63) is 36.2 Å². The Bertz CT molecular complexity index is 1060. The minimum absolute atomic E-state index is 0.143. The van der Waals surface area contributed by atoms with Gasteiger partial charge in [0.2, 0.25) is 17.7 Å². The highest BCUT2D eigenvalue weighted by Gasteiger charge is 2.25. The van der Waals surface area contributed by atoms with E-state index in [1.54, 1.807) is 39.0 Å². The quantitative estimate of drug-likeness (QED) is 0.570. The highest BCUT2D eigenvalue weighted by atomic mass is 16.6. The van der Waals surface area contributed by atoms with Gasteiger partial charge in [-0.15, -0.1) is 10.2 Å². The van der Waals surface area contributed by atoms with Gasteiger partial charge in [0.1, 0.15) is 11.6 Å². The summed E-state index contributed by atoms with van der Waals surface area (Å²) in [6, 6.07) is 4.19.